The van der Waals surface area contributed by atoms with Gasteiger partial charge in [-0.15, -0.1) is 0 Å². The summed E-state index contributed by atoms with van der Waals surface area (Å²) in [6, 6.07) is 0. The summed E-state index contributed by atoms with van der Waals surface area (Å²) >= 11 is 0. The molecule has 0 aliphatic carbocycles. The van der Waals surface area contributed by atoms with Gasteiger partial charge in [-0.05, 0) is 36.5 Å². The van der Waals surface area contributed by atoms with E-state index in [0.29, 0.717) is 10.8 Å². The maximum Gasteiger partial charge on any atom is 0.0679 e. The van der Waals surface area contributed by atoms with Crippen molar-refractivity contribution >= 4 is 0 Å². The van der Waals surface area contributed by atoms with Crippen LogP contribution in [0.2, 0.25) is 0 Å². The molecule has 0 rings (SSSR count). The molecule has 0 aromatic rings. The van der Waals surface area contributed by atoms with E-state index >= 15 is 0 Å². The molecule has 0 aromatic heterocycles. The number of ether oxygens (including phenoxy) is 1. The first-order chi connectivity index (χ1) is 8.82. The van der Waals surface area contributed by atoms with E-state index < -0.39 is 0 Å². The first-order valence-corrected chi connectivity index (χ1v) is 8.37. The molecule has 1 heteroatoms. The topological polar surface area (TPSA) is 9.23 Å². The highest BCUT2D eigenvalue weighted by molar-refractivity contribution is 4.96. The predicted octanol–water partition coefficient (Wildman–Crippen LogP) is 6.21. The Morgan fingerprint density at radius 2 is 1.21 bits per heavy atom. The second-order valence-corrected chi connectivity index (χ2v) is 6.85. The van der Waals surface area contributed by atoms with E-state index in [9.17, 15) is 0 Å². The first kappa shape index (κ1) is 19.0. The van der Waals surface area contributed by atoms with Crippen LogP contribution in [0.5, 0.6) is 0 Å². The fraction of sp³-hybridized carbons (Fsp3) is 1.00. The van der Waals surface area contributed by atoms with Gasteiger partial charge in [0, 0.05) is 7.11 Å². The molecule has 0 aliphatic rings. The minimum absolute atomic E-state index is 0.0644. The molecule has 0 amide bonds. The van der Waals surface area contributed by atoms with Crippen molar-refractivity contribution in [2.45, 2.75) is 99.0 Å². The Morgan fingerprint density at radius 3 is 1.47 bits per heavy atom. The van der Waals surface area contributed by atoms with Crippen molar-refractivity contribution in [2.24, 2.45) is 10.8 Å². The Balaban J connectivity index is 5.35. The van der Waals surface area contributed by atoms with Gasteiger partial charge in [-0.1, -0.05) is 67.7 Å². The van der Waals surface area contributed by atoms with Crippen LogP contribution in [0.3, 0.4) is 0 Å². The first-order valence-electron chi connectivity index (χ1n) is 8.37. The standard InChI is InChI=1S/C18H38O/c1-9-14-16(6,10-2)17(7,11-3)15-18(12-4,13-5)19-8/h9-15H2,1-8H3. The molecule has 0 saturated carbocycles. The Morgan fingerprint density at radius 1 is 0.737 bits per heavy atom. The fourth-order valence-corrected chi connectivity index (χ4v) is 3.79. The lowest BCUT2D eigenvalue weighted by atomic mass is 9.56. The van der Waals surface area contributed by atoms with Crippen LogP contribution in [-0.2, 0) is 4.74 Å². The van der Waals surface area contributed by atoms with E-state index in [4.69, 9.17) is 4.74 Å². The minimum Gasteiger partial charge on any atom is -0.378 e. The summed E-state index contributed by atoms with van der Waals surface area (Å²) in [6.07, 6.45) is 8.51. The SMILES string of the molecule is CCCC(C)(CC)C(C)(CC)CC(CC)(CC)OC. The maximum atomic E-state index is 5.95. The van der Waals surface area contributed by atoms with Gasteiger partial charge in [-0.25, -0.2) is 0 Å². The fourth-order valence-electron chi connectivity index (χ4n) is 3.79. The van der Waals surface area contributed by atoms with E-state index in [2.05, 4.69) is 48.5 Å². The van der Waals surface area contributed by atoms with Gasteiger partial charge in [0.15, 0.2) is 0 Å². The van der Waals surface area contributed by atoms with Crippen LogP contribution in [0.25, 0.3) is 0 Å². The Kier molecular flexibility index (Phi) is 7.65. The third-order valence-corrected chi connectivity index (χ3v) is 6.25. The summed E-state index contributed by atoms with van der Waals surface area (Å²) in [5, 5.41) is 0. The van der Waals surface area contributed by atoms with Crippen molar-refractivity contribution in [3.63, 3.8) is 0 Å². The average molecular weight is 271 g/mol. The molecule has 0 radical (unpaired) electrons. The van der Waals surface area contributed by atoms with Crippen LogP contribution in [0.1, 0.15) is 93.4 Å². The monoisotopic (exact) mass is 270 g/mol. The molecule has 0 bridgehead atoms. The zero-order valence-electron chi connectivity index (χ0n) is 14.9. The second kappa shape index (κ2) is 7.67. The van der Waals surface area contributed by atoms with Gasteiger partial charge in [0.1, 0.15) is 0 Å². The largest absolute Gasteiger partial charge is 0.378 e. The lowest BCUT2D eigenvalue weighted by Crippen LogP contribution is -2.45. The molecule has 0 aromatic carbocycles. The van der Waals surface area contributed by atoms with Gasteiger partial charge in [0.05, 0.1) is 5.60 Å². The number of methoxy groups -OCH3 is 1. The summed E-state index contributed by atoms with van der Waals surface area (Å²) in [7, 11) is 1.90. The Hall–Kier alpha value is -0.0400. The van der Waals surface area contributed by atoms with Crippen LogP contribution in [0.4, 0.5) is 0 Å². The number of hydrogen-bond donors (Lipinski definition) is 0. The molecule has 19 heavy (non-hydrogen) atoms. The summed E-state index contributed by atoms with van der Waals surface area (Å²) < 4.78 is 5.95. The summed E-state index contributed by atoms with van der Waals surface area (Å²) in [4.78, 5) is 0. The van der Waals surface area contributed by atoms with Gasteiger partial charge >= 0.3 is 0 Å². The zero-order chi connectivity index (χ0) is 15.2. The average Bonchev–Trinajstić information content (AvgIpc) is 2.44. The van der Waals surface area contributed by atoms with Gasteiger partial charge in [0.2, 0.25) is 0 Å². The molecule has 2 atom stereocenters. The van der Waals surface area contributed by atoms with Crippen molar-refractivity contribution in [2.75, 3.05) is 7.11 Å². The molecule has 0 N–H and O–H groups in total. The highest BCUT2D eigenvalue weighted by atomic mass is 16.5. The summed E-state index contributed by atoms with van der Waals surface area (Å²) in [5.74, 6) is 0. The molecule has 1 nitrogen and oxygen atoms in total. The van der Waals surface area contributed by atoms with Crippen molar-refractivity contribution in [3.05, 3.63) is 0 Å². The van der Waals surface area contributed by atoms with E-state index in [1.165, 1.54) is 32.1 Å². The van der Waals surface area contributed by atoms with Crippen LogP contribution >= 0.6 is 0 Å². The van der Waals surface area contributed by atoms with Crippen molar-refractivity contribution in [1.82, 2.24) is 0 Å². The van der Waals surface area contributed by atoms with Crippen LogP contribution < -0.4 is 0 Å². The molecule has 116 valence electrons. The van der Waals surface area contributed by atoms with Crippen molar-refractivity contribution < 1.29 is 4.74 Å². The molecule has 0 aliphatic heterocycles. The molecule has 0 spiro atoms. The third kappa shape index (κ3) is 3.97. The highest BCUT2D eigenvalue weighted by Crippen LogP contribution is 2.53. The number of hydrogen-bond acceptors (Lipinski definition) is 1. The van der Waals surface area contributed by atoms with Crippen LogP contribution in [0, 0.1) is 10.8 Å². The second-order valence-electron chi connectivity index (χ2n) is 6.85. The highest BCUT2D eigenvalue weighted by Gasteiger charge is 2.45. The minimum atomic E-state index is 0.0644. The third-order valence-electron chi connectivity index (χ3n) is 6.25. The van der Waals surface area contributed by atoms with E-state index in [1.807, 2.05) is 7.11 Å². The molecule has 2 unspecified atom stereocenters. The van der Waals surface area contributed by atoms with Crippen LogP contribution in [0.15, 0.2) is 0 Å². The number of rotatable bonds is 10. The lowest BCUT2D eigenvalue weighted by molar-refractivity contribution is -0.0881. The quantitative estimate of drug-likeness (QED) is 0.458. The summed E-state index contributed by atoms with van der Waals surface area (Å²) in [5.41, 5.74) is 0.847. The maximum absolute atomic E-state index is 5.95. The molecule has 0 fully saturated rings. The zero-order valence-corrected chi connectivity index (χ0v) is 14.9. The van der Waals surface area contributed by atoms with E-state index in [-0.39, 0.29) is 5.60 Å². The molecule has 0 saturated heterocycles. The lowest BCUT2D eigenvalue weighted by Gasteiger charge is -2.51. The summed E-state index contributed by atoms with van der Waals surface area (Å²) in [6.45, 7) is 16.5. The van der Waals surface area contributed by atoms with Crippen molar-refractivity contribution in [3.8, 4) is 0 Å². The van der Waals surface area contributed by atoms with Gasteiger partial charge in [0.25, 0.3) is 0 Å². The van der Waals surface area contributed by atoms with Crippen LogP contribution in [-0.4, -0.2) is 12.7 Å². The van der Waals surface area contributed by atoms with Gasteiger partial charge in [-0.3, -0.25) is 0 Å². The van der Waals surface area contributed by atoms with Crippen molar-refractivity contribution in [1.29, 1.82) is 0 Å². The Labute approximate surface area is 122 Å². The Bertz CT molecular complexity index is 236. The smallest absolute Gasteiger partial charge is 0.0679 e. The van der Waals surface area contributed by atoms with Gasteiger partial charge < -0.3 is 4.74 Å². The molecule has 0 heterocycles. The predicted molar refractivity (Wildman–Crippen MR) is 86.6 cm³/mol. The molecular formula is C18H38O. The normalized spacial score (nSPS) is 18.9. The molecular weight excluding hydrogens is 232 g/mol. The van der Waals surface area contributed by atoms with E-state index in [0.717, 1.165) is 12.8 Å². The van der Waals surface area contributed by atoms with Gasteiger partial charge in [-0.2, -0.15) is 0 Å². The van der Waals surface area contributed by atoms with E-state index in [1.54, 1.807) is 0 Å².